The van der Waals surface area contributed by atoms with Crippen LogP contribution in [-0.2, 0) is 11.2 Å². The number of carbonyl (C=O) groups is 1. The molecule has 0 fully saturated rings. The van der Waals surface area contributed by atoms with Crippen LogP contribution in [-0.4, -0.2) is 16.8 Å². The summed E-state index contributed by atoms with van der Waals surface area (Å²) in [4.78, 5) is 11.7. The number of amides is 1. The molecule has 0 saturated carbocycles. The summed E-state index contributed by atoms with van der Waals surface area (Å²) in [5.74, 6) is 0.0966. The van der Waals surface area contributed by atoms with Crippen LogP contribution in [0.5, 0.6) is 0 Å². The fourth-order valence-corrected chi connectivity index (χ4v) is 2.96. The Morgan fingerprint density at radius 2 is 2.33 bits per heavy atom. The van der Waals surface area contributed by atoms with Gasteiger partial charge in [0, 0.05) is 10.9 Å². The Morgan fingerprint density at radius 1 is 1.60 bits per heavy atom. The lowest BCUT2D eigenvalue weighted by Crippen LogP contribution is -2.44. The average Bonchev–Trinajstić information content (AvgIpc) is 2.54. The Hall–Kier alpha value is -0.350. The Balaban J connectivity index is 2.42. The highest BCUT2D eigenvalue weighted by atomic mass is 79.9. The summed E-state index contributed by atoms with van der Waals surface area (Å²) < 4.78 is 0. The molecule has 0 aromatic carbocycles. The van der Waals surface area contributed by atoms with Gasteiger partial charge in [0.2, 0.25) is 5.91 Å². The molecule has 0 aliphatic rings. The molecule has 0 aliphatic heterocycles. The third-order valence-electron chi connectivity index (χ3n) is 2.14. The van der Waals surface area contributed by atoms with Crippen LogP contribution in [0.25, 0.3) is 0 Å². The molecule has 0 aliphatic carbocycles. The van der Waals surface area contributed by atoms with Crippen LogP contribution in [0.2, 0.25) is 0 Å². The molecule has 2 nitrogen and oxygen atoms in total. The molecule has 0 atom stereocenters. The van der Waals surface area contributed by atoms with Crippen molar-refractivity contribution in [1.82, 2.24) is 5.32 Å². The minimum absolute atomic E-state index is 0.0966. The van der Waals surface area contributed by atoms with E-state index in [4.69, 9.17) is 0 Å². The maximum absolute atomic E-state index is 11.7. The zero-order valence-electron chi connectivity index (χ0n) is 9.05. The number of carbonyl (C=O) groups excluding carboxylic acids is 1. The van der Waals surface area contributed by atoms with E-state index in [0.29, 0.717) is 6.42 Å². The van der Waals surface area contributed by atoms with E-state index in [1.165, 1.54) is 0 Å². The number of hydrogen-bond acceptors (Lipinski definition) is 2. The second kappa shape index (κ2) is 5.66. The van der Waals surface area contributed by atoms with Gasteiger partial charge in [-0.15, -0.1) is 0 Å². The molecule has 1 amide bonds. The van der Waals surface area contributed by atoms with E-state index in [-0.39, 0.29) is 11.4 Å². The van der Waals surface area contributed by atoms with Gasteiger partial charge in [-0.1, -0.05) is 15.9 Å². The quantitative estimate of drug-likeness (QED) is 0.830. The van der Waals surface area contributed by atoms with Crippen LogP contribution < -0.4 is 5.32 Å². The van der Waals surface area contributed by atoms with Gasteiger partial charge in [-0.25, -0.2) is 0 Å². The first-order valence-electron chi connectivity index (χ1n) is 4.91. The summed E-state index contributed by atoms with van der Waals surface area (Å²) in [6, 6.07) is 1.99. The molecule has 0 unspecified atom stereocenters. The lowest BCUT2D eigenvalue weighted by molar-refractivity contribution is -0.122. The summed E-state index contributed by atoms with van der Waals surface area (Å²) in [7, 11) is 0. The minimum Gasteiger partial charge on any atom is -0.351 e. The molecule has 0 radical (unpaired) electrons. The number of nitrogens with one attached hydrogen (secondary N) is 1. The van der Waals surface area contributed by atoms with Gasteiger partial charge in [-0.05, 0) is 42.7 Å². The monoisotopic (exact) mass is 289 g/mol. The number of rotatable bonds is 5. The zero-order chi connectivity index (χ0) is 11.3. The second-order valence-corrected chi connectivity index (χ2v) is 5.75. The average molecular weight is 290 g/mol. The summed E-state index contributed by atoms with van der Waals surface area (Å²) in [6.45, 7) is 4.08. The normalized spacial score (nSPS) is 11.4. The number of alkyl halides is 1. The molecule has 0 saturated heterocycles. The van der Waals surface area contributed by atoms with E-state index in [2.05, 4.69) is 21.2 Å². The molecule has 4 heteroatoms. The first kappa shape index (κ1) is 12.7. The Morgan fingerprint density at radius 3 is 2.87 bits per heavy atom. The van der Waals surface area contributed by atoms with Crippen LogP contribution >= 0.6 is 27.3 Å². The van der Waals surface area contributed by atoms with Crippen molar-refractivity contribution < 1.29 is 4.79 Å². The van der Waals surface area contributed by atoms with E-state index >= 15 is 0 Å². The molecule has 1 aromatic heterocycles. The summed E-state index contributed by atoms with van der Waals surface area (Å²) >= 11 is 5.01. The smallest absolute Gasteiger partial charge is 0.224 e. The van der Waals surface area contributed by atoms with Gasteiger partial charge in [-0.2, -0.15) is 11.3 Å². The lowest BCUT2D eigenvalue weighted by atomic mass is 10.0. The molecule has 1 heterocycles. The fraction of sp³-hybridized carbons (Fsp3) is 0.545. The van der Waals surface area contributed by atoms with Crippen LogP contribution in [0, 0.1) is 0 Å². The summed E-state index contributed by atoms with van der Waals surface area (Å²) in [5.41, 5.74) is 0.962. The van der Waals surface area contributed by atoms with Crippen molar-refractivity contribution in [2.75, 3.05) is 5.33 Å². The zero-order valence-corrected chi connectivity index (χ0v) is 11.5. The van der Waals surface area contributed by atoms with Crippen LogP contribution in [0.4, 0.5) is 0 Å². The number of thiophene rings is 1. The molecular weight excluding hydrogens is 274 g/mol. The Labute approximate surface area is 103 Å². The second-order valence-electron chi connectivity index (χ2n) is 4.18. The van der Waals surface area contributed by atoms with E-state index in [0.717, 1.165) is 17.3 Å². The van der Waals surface area contributed by atoms with E-state index in [1.54, 1.807) is 11.3 Å². The molecule has 84 valence electrons. The minimum atomic E-state index is -0.128. The Bertz CT molecular complexity index is 308. The third-order valence-corrected chi connectivity index (χ3v) is 3.27. The van der Waals surface area contributed by atoms with Crippen molar-refractivity contribution in [2.24, 2.45) is 0 Å². The van der Waals surface area contributed by atoms with Crippen LogP contribution in [0.15, 0.2) is 16.8 Å². The maximum atomic E-state index is 11.7. The van der Waals surface area contributed by atoms with Crippen molar-refractivity contribution >= 4 is 33.2 Å². The van der Waals surface area contributed by atoms with Gasteiger partial charge in [0.15, 0.2) is 0 Å². The molecule has 1 aromatic rings. The highest BCUT2D eigenvalue weighted by Gasteiger charge is 2.19. The fourth-order valence-electron chi connectivity index (χ4n) is 1.30. The highest BCUT2D eigenvalue weighted by molar-refractivity contribution is 9.09. The largest absolute Gasteiger partial charge is 0.351 e. The standard InChI is InChI=1S/C11H16BrNOS/c1-11(2,4-5-12)13-10(14)7-9-3-6-15-8-9/h3,6,8H,4-5,7H2,1-2H3,(H,13,14). The molecule has 0 spiro atoms. The SMILES string of the molecule is CC(C)(CCBr)NC(=O)Cc1ccsc1. The van der Waals surface area contributed by atoms with E-state index < -0.39 is 0 Å². The molecular formula is C11H16BrNOS. The van der Waals surface area contributed by atoms with Gasteiger partial charge in [0.05, 0.1) is 6.42 Å². The third kappa shape index (κ3) is 4.80. The maximum Gasteiger partial charge on any atom is 0.224 e. The summed E-state index contributed by atoms with van der Waals surface area (Å²) in [5, 5.41) is 7.94. The number of hydrogen-bond donors (Lipinski definition) is 1. The van der Waals surface area contributed by atoms with Gasteiger partial charge < -0.3 is 5.32 Å². The first-order chi connectivity index (χ1) is 7.03. The van der Waals surface area contributed by atoms with Crippen LogP contribution in [0.1, 0.15) is 25.8 Å². The van der Waals surface area contributed by atoms with Crippen molar-refractivity contribution in [1.29, 1.82) is 0 Å². The van der Waals surface area contributed by atoms with Crippen molar-refractivity contribution in [3.63, 3.8) is 0 Å². The van der Waals surface area contributed by atoms with Gasteiger partial charge >= 0.3 is 0 Å². The van der Waals surface area contributed by atoms with Crippen LogP contribution in [0.3, 0.4) is 0 Å². The molecule has 1 N–H and O–H groups in total. The molecule has 1 rings (SSSR count). The van der Waals surface area contributed by atoms with Gasteiger partial charge in [-0.3, -0.25) is 4.79 Å². The predicted molar refractivity (Wildman–Crippen MR) is 68.7 cm³/mol. The van der Waals surface area contributed by atoms with Gasteiger partial charge in [0.1, 0.15) is 0 Å². The van der Waals surface area contributed by atoms with Crippen molar-refractivity contribution in [3.8, 4) is 0 Å². The van der Waals surface area contributed by atoms with Gasteiger partial charge in [0.25, 0.3) is 0 Å². The Kier molecular flexibility index (Phi) is 4.80. The van der Waals surface area contributed by atoms with Crippen molar-refractivity contribution in [3.05, 3.63) is 22.4 Å². The summed E-state index contributed by atoms with van der Waals surface area (Å²) in [6.07, 6.45) is 1.41. The first-order valence-corrected chi connectivity index (χ1v) is 6.98. The lowest BCUT2D eigenvalue weighted by Gasteiger charge is -2.25. The predicted octanol–water partition coefficient (Wildman–Crippen LogP) is 2.97. The molecule has 15 heavy (non-hydrogen) atoms. The molecule has 0 bridgehead atoms. The highest BCUT2D eigenvalue weighted by Crippen LogP contribution is 2.11. The van der Waals surface area contributed by atoms with E-state index in [1.807, 2.05) is 30.7 Å². The van der Waals surface area contributed by atoms with Crippen molar-refractivity contribution in [2.45, 2.75) is 32.2 Å². The topological polar surface area (TPSA) is 29.1 Å². The van der Waals surface area contributed by atoms with E-state index in [9.17, 15) is 4.79 Å². The number of halogens is 1.